The van der Waals surface area contributed by atoms with Crippen LogP contribution >= 0.6 is 11.6 Å². The maximum Gasteiger partial charge on any atom is 0.0639 e. The third-order valence-corrected chi connectivity index (χ3v) is 3.82. The lowest BCUT2D eigenvalue weighted by molar-refractivity contribution is 0.328. The summed E-state index contributed by atoms with van der Waals surface area (Å²) in [6.45, 7) is 4.28. The molecule has 1 unspecified atom stereocenters. The van der Waals surface area contributed by atoms with E-state index >= 15 is 0 Å². The van der Waals surface area contributed by atoms with E-state index < -0.39 is 0 Å². The second-order valence-corrected chi connectivity index (χ2v) is 5.38. The van der Waals surface area contributed by atoms with Gasteiger partial charge in [-0.2, -0.15) is 0 Å². The Balaban J connectivity index is 2.24. The van der Waals surface area contributed by atoms with Crippen molar-refractivity contribution in [1.29, 1.82) is 0 Å². The molecule has 0 radical (unpaired) electrons. The highest BCUT2D eigenvalue weighted by molar-refractivity contribution is 6.33. The Bertz CT molecular complexity index is 383. The number of likely N-dealkylation sites (N-methyl/N-ethyl adjacent to an activating group) is 2. The average Bonchev–Trinajstić information content (AvgIpc) is 2.52. The van der Waals surface area contributed by atoms with E-state index in [2.05, 4.69) is 34.3 Å². The molecule has 1 fully saturated rings. The van der Waals surface area contributed by atoms with Gasteiger partial charge in [0.15, 0.2) is 0 Å². The van der Waals surface area contributed by atoms with Gasteiger partial charge in [0.05, 0.1) is 16.8 Å². The van der Waals surface area contributed by atoms with Crippen LogP contribution in [0.2, 0.25) is 5.02 Å². The van der Waals surface area contributed by atoms with Gasteiger partial charge in [0, 0.05) is 19.6 Å². The van der Waals surface area contributed by atoms with Crippen molar-refractivity contribution in [2.45, 2.75) is 12.5 Å². The Morgan fingerprint density at radius 1 is 1.33 bits per heavy atom. The molecule has 0 saturated carbocycles. The predicted octanol–water partition coefficient (Wildman–Crippen LogP) is 2.07. The summed E-state index contributed by atoms with van der Waals surface area (Å²) in [4.78, 5) is 4.85. The first-order chi connectivity index (χ1) is 8.72. The predicted molar refractivity (Wildman–Crippen MR) is 78.6 cm³/mol. The molecule has 0 bridgehead atoms. The van der Waals surface area contributed by atoms with Gasteiger partial charge in [0.25, 0.3) is 0 Å². The van der Waals surface area contributed by atoms with Crippen LogP contribution in [-0.4, -0.2) is 51.2 Å². The van der Waals surface area contributed by atoms with Gasteiger partial charge in [-0.15, -0.1) is 0 Å². The third kappa shape index (κ3) is 3.16. The topological polar surface area (TPSA) is 18.5 Å². The Hall–Kier alpha value is -0.770. The van der Waals surface area contributed by atoms with Crippen molar-refractivity contribution in [2.24, 2.45) is 0 Å². The lowest BCUT2D eigenvalue weighted by Crippen LogP contribution is -2.46. The molecule has 1 aliphatic rings. The summed E-state index contributed by atoms with van der Waals surface area (Å²) in [6.07, 6.45) is 1.18. The molecule has 0 spiro atoms. The fourth-order valence-corrected chi connectivity index (χ4v) is 2.90. The van der Waals surface area contributed by atoms with E-state index in [-0.39, 0.29) is 0 Å². The molecule has 1 aromatic carbocycles. The highest BCUT2D eigenvalue weighted by Gasteiger charge is 2.24. The molecular weight excluding hydrogens is 246 g/mol. The number of halogens is 1. The van der Waals surface area contributed by atoms with Crippen LogP contribution in [0.1, 0.15) is 6.42 Å². The van der Waals surface area contributed by atoms with Gasteiger partial charge in [-0.1, -0.05) is 23.7 Å². The summed E-state index contributed by atoms with van der Waals surface area (Å²) in [5.74, 6) is 0. The largest absolute Gasteiger partial charge is 0.365 e. The molecule has 2 rings (SSSR count). The molecule has 4 heteroatoms. The fourth-order valence-electron chi connectivity index (χ4n) is 2.66. The highest BCUT2D eigenvalue weighted by Crippen LogP contribution is 2.28. The first-order valence-electron chi connectivity index (χ1n) is 6.56. The maximum absolute atomic E-state index is 6.34. The van der Waals surface area contributed by atoms with E-state index in [0.717, 1.165) is 36.9 Å². The molecule has 18 heavy (non-hydrogen) atoms. The summed E-state index contributed by atoms with van der Waals surface area (Å²) in [5, 5.41) is 4.14. The van der Waals surface area contributed by atoms with Crippen molar-refractivity contribution in [1.82, 2.24) is 10.2 Å². The SMILES string of the molecule is CNCC1CN(C)CCCN1c1ccccc1Cl. The van der Waals surface area contributed by atoms with Crippen molar-refractivity contribution in [3.8, 4) is 0 Å². The lowest BCUT2D eigenvalue weighted by atomic mass is 10.2. The number of para-hydroxylation sites is 1. The van der Waals surface area contributed by atoms with Crippen molar-refractivity contribution in [2.75, 3.05) is 45.2 Å². The standard InChI is InChI=1S/C14H22ClN3/c1-16-10-12-11-17(2)8-5-9-18(12)14-7-4-3-6-13(14)15/h3-4,6-7,12,16H,5,8-11H2,1-2H3. The zero-order chi connectivity index (χ0) is 13.0. The minimum atomic E-state index is 0.474. The van der Waals surface area contributed by atoms with E-state index in [0.29, 0.717) is 6.04 Å². The van der Waals surface area contributed by atoms with Crippen molar-refractivity contribution in [3.05, 3.63) is 29.3 Å². The van der Waals surface area contributed by atoms with Gasteiger partial charge in [-0.3, -0.25) is 0 Å². The van der Waals surface area contributed by atoms with E-state index in [1.807, 2.05) is 19.2 Å². The number of nitrogens with one attached hydrogen (secondary N) is 1. The molecular formula is C14H22ClN3. The second-order valence-electron chi connectivity index (χ2n) is 4.97. The Kier molecular flexibility index (Phi) is 4.87. The number of anilines is 1. The minimum Gasteiger partial charge on any atom is -0.365 e. The molecule has 1 heterocycles. The Morgan fingerprint density at radius 2 is 2.11 bits per heavy atom. The van der Waals surface area contributed by atoms with Gasteiger partial charge in [-0.25, -0.2) is 0 Å². The zero-order valence-electron chi connectivity index (χ0n) is 11.2. The molecule has 1 aromatic rings. The lowest BCUT2D eigenvalue weighted by Gasteiger charge is -2.33. The molecule has 100 valence electrons. The molecule has 1 saturated heterocycles. The van der Waals surface area contributed by atoms with Gasteiger partial charge in [0.2, 0.25) is 0 Å². The summed E-state index contributed by atoms with van der Waals surface area (Å²) >= 11 is 6.34. The van der Waals surface area contributed by atoms with Crippen LogP contribution in [0.25, 0.3) is 0 Å². The van der Waals surface area contributed by atoms with Gasteiger partial charge in [0.1, 0.15) is 0 Å². The van der Waals surface area contributed by atoms with E-state index in [4.69, 9.17) is 11.6 Å². The average molecular weight is 268 g/mol. The van der Waals surface area contributed by atoms with Crippen LogP contribution < -0.4 is 10.2 Å². The van der Waals surface area contributed by atoms with Crippen LogP contribution in [0, 0.1) is 0 Å². The van der Waals surface area contributed by atoms with E-state index in [1.54, 1.807) is 0 Å². The monoisotopic (exact) mass is 267 g/mol. The van der Waals surface area contributed by atoms with Gasteiger partial charge in [-0.05, 0) is 39.2 Å². The third-order valence-electron chi connectivity index (χ3n) is 3.50. The molecule has 0 aliphatic carbocycles. The summed E-state index contributed by atoms with van der Waals surface area (Å²) in [5.41, 5.74) is 1.16. The van der Waals surface area contributed by atoms with Crippen LogP contribution in [-0.2, 0) is 0 Å². The number of hydrogen-bond acceptors (Lipinski definition) is 3. The molecule has 0 aromatic heterocycles. The normalized spacial score (nSPS) is 21.9. The molecule has 0 amide bonds. The molecule has 1 N–H and O–H groups in total. The van der Waals surface area contributed by atoms with Crippen LogP contribution in [0.4, 0.5) is 5.69 Å². The minimum absolute atomic E-state index is 0.474. The van der Waals surface area contributed by atoms with Crippen LogP contribution in [0.3, 0.4) is 0 Å². The smallest absolute Gasteiger partial charge is 0.0639 e. The van der Waals surface area contributed by atoms with Gasteiger partial charge < -0.3 is 15.1 Å². The highest BCUT2D eigenvalue weighted by atomic mass is 35.5. The number of rotatable bonds is 3. The Morgan fingerprint density at radius 3 is 2.83 bits per heavy atom. The first-order valence-corrected chi connectivity index (χ1v) is 6.94. The number of benzene rings is 1. The summed E-state index contributed by atoms with van der Waals surface area (Å²) in [7, 11) is 4.20. The number of hydrogen-bond donors (Lipinski definition) is 1. The van der Waals surface area contributed by atoms with Crippen molar-refractivity contribution in [3.63, 3.8) is 0 Å². The van der Waals surface area contributed by atoms with Crippen molar-refractivity contribution >= 4 is 17.3 Å². The van der Waals surface area contributed by atoms with Crippen molar-refractivity contribution < 1.29 is 0 Å². The maximum atomic E-state index is 6.34. The van der Waals surface area contributed by atoms with Crippen LogP contribution in [0.5, 0.6) is 0 Å². The van der Waals surface area contributed by atoms with Gasteiger partial charge >= 0.3 is 0 Å². The van der Waals surface area contributed by atoms with E-state index in [9.17, 15) is 0 Å². The molecule has 1 aliphatic heterocycles. The first kappa shape index (κ1) is 13.7. The molecule has 3 nitrogen and oxygen atoms in total. The summed E-state index contributed by atoms with van der Waals surface area (Å²) < 4.78 is 0. The zero-order valence-corrected chi connectivity index (χ0v) is 12.0. The Labute approximate surface area is 115 Å². The summed E-state index contributed by atoms with van der Waals surface area (Å²) in [6, 6.07) is 8.62. The fraction of sp³-hybridized carbons (Fsp3) is 0.571. The quantitative estimate of drug-likeness (QED) is 0.905. The second kappa shape index (κ2) is 6.41. The van der Waals surface area contributed by atoms with E-state index in [1.165, 1.54) is 6.42 Å². The number of nitrogens with zero attached hydrogens (tertiary/aromatic N) is 2. The van der Waals surface area contributed by atoms with Crippen LogP contribution in [0.15, 0.2) is 24.3 Å². The molecule has 1 atom stereocenters.